The SMILES string of the molecule is CCCNC(=O)C(=O)Nc1cccc(C)n1. The molecule has 0 radical (unpaired) electrons. The molecule has 0 aliphatic carbocycles. The fraction of sp³-hybridized carbons (Fsp3) is 0.364. The molecule has 0 saturated heterocycles. The molecule has 1 aromatic rings. The van der Waals surface area contributed by atoms with Crippen LogP contribution in [0.4, 0.5) is 5.82 Å². The molecule has 5 heteroatoms. The van der Waals surface area contributed by atoms with Crippen LogP contribution in [0.5, 0.6) is 0 Å². The van der Waals surface area contributed by atoms with E-state index in [0.717, 1.165) is 12.1 Å². The predicted molar refractivity (Wildman–Crippen MR) is 60.9 cm³/mol. The lowest BCUT2D eigenvalue weighted by Gasteiger charge is -2.05. The summed E-state index contributed by atoms with van der Waals surface area (Å²) in [5, 5.41) is 4.92. The van der Waals surface area contributed by atoms with E-state index < -0.39 is 11.8 Å². The Hall–Kier alpha value is -1.91. The summed E-state index contributed by atoms with van der Waals surface area (Å²) in [6.45, 7) is 4.22. The number of aromatic nitrogens is 1. The van der Waals surface area contributed by atoms with Gasteiger partial charge in [0.2, 0.25) is 0 Å². The number of nitrogens with zero attached hydrogens (tertiary/aromatic N) is 1. The zero-order chi connectivity index (χ0) is 12.0. The molecule has 1 heterocycles. The summed E-state index contributed by atoms with van der Waals surface area (Å²) < 4.78 is 0. The van der Waals surface area contributed by atoms with Crippen LogP contribution in [0.3, 0.4) is 0 Å². The summed E-state index contributed by atoms with van der Waals surface area (Å²) in [5.41, 5.74) is 0.784. The topological polar surface area (TPSA) is 71.1 Å². The summed E-state index contributed by atoms with van der Waals surface area (Å²) >= 11 is 0. The van der Waals surface area contributed by atoms with Gasteiger partial charge in [-0.2, -0.15) is 0 Å². The molecule has 0 unspecified atom stereocenters. The molecule has 0 aliphatic rings. The van der Waals surface area contributed by atoms with Gasteiger partial charge in [0.1, 0.15) is 5.82 Å². The van der Waals surface area contributed by atoms with Crippen molar-refractivity contribution >= 4 is 17.6 Å². The van der Waals surface area contributed by atoms with Crippen molar-refractivity contribution in [2.24, 2.45) is 0 Å². The van der Waals surface area contributed by atoms with Crippen LogP contribution in [0.15, 0.2) is 18.2 Å². The number of amides is 2. The van der Waals surface area contributed by atoms with Crippen molar-refractivity contribution in [2.75, 3.05) is 11.9 Å². The highest BCUT2D eigenvalue weighted by Crippen LogP contribution is 2.03. The molecule has 1 rings (SSSR count). The van der Waals surface area contributed by atoms with Crippen LogP contribution in [0.2, 0.25) is 0 Å². The highest BCUT2D eigenvalue weighted by atomic mass is 16.2. The summed E-state index contributed by atoms with van der Waals surface area (Å²) in [6, 6.07) is 5.21. The summed E-state index contributed by atoms with van der Waals surface area (Å²) in [4.78, 5) is 26.7. The molecule has 0 saturated carbocycles. The molecular weight excluding hydrogens is 206 g/mol. The minimum atomic E-state index is -0.688. The highest BCUT2D eigenvalue weighted by molar-refractivity contribution is 6.39. The second kappa shape index (κ2) is 5.85. The molecule has 1 aromatic heterocycles. The number of carbonyl (C=O) groups excluding carboxylic acids is 2. The Morgan fingerprint density at radius 2 is 2.06 bits per heavy atom. The molecule has 0 aliphatic heterocycles. The first-order chi connectivity index (χ1) is 7.63. The van der Waals surface area contributed by atoms with E-state index in [0.29, 0.717) is 12.4 Å². The van der Waals surface area contributed by atoms with Gasteiger partial charge in [0.25, 0.3) is 0 Å². The van der Waals surface area contributed by atoms with E-state index in [-0.39, 0.29) is 0 Å². The Morgan fingerprint density at radius 3 is 2.69 bits per heavy atom. The van der Waals surface area contributed by atoms with E-state index in [9.17, 15) is 9.59 Å². The van der Waals surface area contributed by atoms with Crippen molar-refractivity contribution in [3.05, 3.63) is 23.9 Å². The molecular formula is C11H15N3O2. The van der Waals surface area contributed by atoms with Gasteiger partial charge in [-0.05, 0) is 25.5 Å². The maximum atomic E-state index is 11.4. The quantitative estimate of drug-likeness (QED) is 0.743. The number of nitrogens with one attached hydrogen (secondary N) is 2. The van der Waals surface area contributed by atoms with Gasteiger partial charge in [0.05, 0.1) is 0 Å². The first kappa shape index (κ1) is 12.2. The van der Waals surface area contributed by atoms with Crippen LogP contribution in [0.1, 0.15) is 19.0 Å². The predicted octanol–water partition coefficient (Wildman–Crippen LogP) is 0.855. The van der Waals surface area contributed by atoms with Gasteiger partial charge in [-0.25, -0.2) is 4.98 Å². The van der Waals surface area contributed by atoms with Gasteiger partial charge < -0.3 is 10.6 Å². The van der Waals surface area contributed by atoms with Gasteiger partial charge in [0, 0.05) is 12.2 Å². The van der Waals surface area contributed by atoms with E-state index in [1.54, 1.807) is 12.1 Å². The number of anilines is 1. The molecule has 5 nitrogen and oxygen atoms in total. The van der Waals surface area contributed by atoms with Crippen LogP contribution in [0.25, 0.3) is 0 Å². The second-order valence-corrected chi connectivity index (χ2v) is 3.37. The van der Waals surface area contributed by atoms with Gasteiger partial charge in [-0.1, -0.05) is 13.0 Å². The largest absolute Gasteiger partial charge is 0.348 e. The maximum Gasteiger partial charge on any atom is 0.314 e. The third-order valence-corrected chi connectivity index (χ3v) is 1.87. The monoisotopic (exact) mass is 221 g/mol. The molecule has 0 bridgehead atoms. The van der Waals surface area contributed by atoms with Crippen molar-refractivity contribution in [3.8, 4) is 0 Å². The molecule has 16 heavy (non-hydrogen) atoms. The maximum absolute atomic E-state index is 11.4. The lowest BCUT2D eigenvalue weighted by atomic mass is 10.3. The van der Waals surface area contributed by atoms with Crippen LogP contribution >= 0.6 is 0 Å². The number of pyridine rings is 1. The first-order valence-corrected chi connectivity index (χ1v) is 5.16. The van der Waals surface area contributed by atoms with Crippen molar-refractivity contribution in [1.82, 2.24) is 10.3 Å². The van der Waals surface area contributed by atoms with Crippen molar-refractivity contribution in [3.63, 3.8) is 0 Å². The first-order valence-electron chi connectivity index (χ1n) is 5.16. The number of hydrogen-bond acceptors (Lipinski definition) is 3. The van der Waals surface area contributed by atoms with E-state index in [4.69, 9.17) is 0 Å². The van der Waals surface area contributed by atoms with Gasteiger partial charge in [-0.3, -0.25) is 9.59 Å². The number of hydrogen-bond donors (Lipinski definition) is 2. The lowest BCUT2D eigenvalue weighted by Crippen LogP contribution is -2.35. The van der Waals surface area contributed by atoms with Crippen molar-refractivity contribution < 1.29 is 9.59 Å². The number of aryl methyl sites for hydroxylation is 1. The fourth-order valence-corrected chi connectivity index (χ4v) is 1.10. The molecule has 2 N–H and O–H groups in total. The average molecular weight is 221 g/mol. The number of rotatable bonds is 3. The van der Waals surface area contributed by atoms with Crippen LogP contribution in [-0.2, 0) is 9.59 Å². The lowest BCUT2D eigenvalue weighted by molar-refractivity contribution is -0.136. The molecule has 2 amide bonds. The normalized spacial score (nSPS) is 9.62. The zero-order valence-corrected chi connectivity index (χ0v) is 9.41. The van der Waals surface area contributed by atoms with Gasteiger partial charge >= 0.3 is 11.8 Å². The molecule has 0 fully saturated rings. The van der Waals surface area contributed by atoms with E-state index in [1.807, 2.05) is 19.9 Å². The third-order valence-electron chi connectivity index (χ3n) is 1.87. The van der Waals surface area contributed by atoms with E-state index in [1.165, 1.54) is 0 Å². The summed E-state index contributed by atoms with van der Waals surface area (Å²) in [5.74, 6) is -0.937. The molecule has 0 spiro atoms. The Labute approximate surface area is 94.3 Å². The Bertz CT molecular complexity index is 391. The highest BCUT2D eigenvalue weighted by Gasteiger charge is 2.12. The molecule has 0 atom stereocenters. The fourth-order valence-electron chi connectivity index (χ4n) is 1.10. The summed E-state index contributed by atoms with van der Waals surface area (Å²) in [6.07, 6.45) is 0.793. The minimum Gasteiger partial charge on any atom is -0.348 e. The number of carbonyl (C=O) groups is 2. The van der Waals surface area contributed by atoms with E-state index in [2.05, 4.69) is 15.6 Å². The van der Waals surface area contributed by atoms with Crippen LogP contribution < -0.4 is 10.6 Å². The molecule has 0 aromatic carbocycles. The molecule has 86 valence electrons. The van der Waals surface area contributed by atoms with Crippen molar-refractivity contribution in [2.45, 2.75) is 20.3 Å². The zero-order valence-electron chi connectivity index (χ0n) is 9.41. The second-order valence-electron chi connectivity index (χ2n) is 3.37. The minimum absolute atomic E-state index is 0.386. The Balaban J connectivity index is 2.54. The Kier molecular flexibility index (Phi) is 4.44. The third kappa shape index (κ3) is 3.68. The van der Waals surface area contributed by atoms with E-state index >= 15 is 0 Å². The van der Waals surface area contributed by atoms with Crippen LogP contribution in [-0.4, -0.2) is 23.3 Å². The summed E-state index contributed by atoms with van der Waals surface area (Å²) in [7, 11) is 0. The van der Waals surface area contributed by atoms with Gasteiger partial charge in [0.15, 0.2) is 0 Å². The average Bonchev–Trinajstić information content (AvgIpc) is 2.25. The van der Waals surface area contributed by atoms with Gasteiger partial charge in [-0.15, -0.1) is 0 Å². The standard InChI is InChI=1S/C11H15N3O2/c1-3-7-12-10(15)11(16)14-9-6-4-5-8(2)13-9/h4-6H,3,7H2,1-2H3,(H,12,15)(H,13,14,16). The Morgan fingerprint density at radius 1 is 1.31 bits per heavy atom. The smallest absolute Gasteiger partial charge is 0.314 e. The van der Waals surface area contributed by atoms with Crippen molar-refractivity contribution in [1.29, 1.82) is 0 Å². The van der Waals surface area contributed by atoms with Crippen LogP contribution in [0, 0.1) is 6.92 Å².